The number of nitrogens with two attached hydrogens (primary N) is 1. The summed E-state index contributed by atoms with van der Waals surface area (Å²) in [5.41, 5.74) is 5.33. The first-order chi connectivity index (χ1) is 5.83. The molecule has 2 N–H and O–H groups in total. The molecule has 0 rings (SSSR count). The van der Waals surface area contributed by atoms with Crippen LogP contribution in [0.25, 0.3) is 0 Å². The molecule has 0 spiro atoms. The fourth-order valence-corrected chi connectivity index (χ4v) is 1.18. The van der Waals surface area contributed by atoms with Crippen molar-refractivity contribution in [2.24, 2.45) is 5.73 Å². The maximum atomic E-state index is 10.9. The Balaban J connectivity index is 3.42. The summed E-state index contributed by atoms with van der Waals surface area (Å²) < 4.78 is 5.21. The van der Waals surface area contributed by atoms with Crippen molar-refractivity contribution in [3.63, 3.8) is 0 Å². The Kier molecular flexibility index (Phi) is 5.87. The molecule has 1 unspecified atom stereocenters. The summed E-state index contributed by atoms with van der Waals surface area (Å²) in [5, 5.41) is 0. The van der Waals surface area contributed by atoms with Gasteiger partial charge in [0.2, 0.25) is 0 Å². The SMILES string of the molecule is CC(N)C(=O)OCCCC(C)(C)I. The third kappa shape index (κ3) is 8.49. The highest BCUT2D eigenvalue weighted by molar-refractivity contribution is 14.1. The van der Waals surface area contributed by atoms with Crippen molar-refractivity contribution in [1.82, 2.24) is 0 Å². The molecule has 0 aliphatic heterocycles. The van der Waals surface area contributed by atoms with Gasteiger partial charge in [0.25, 0.3) is 0 Å². The van der Waals surface area contributed by atoms with Gasteiger partial charge in [-0.05, 0) is 19.8 Å². The summed E-state index contributed by atoms with van der Waals surface area (Å²) in [6.45, 7) is 6.42. The Labute approximate surface area is 93.5 Å². The molecule has 0 amide bonds. The summed E-state index contributed by atoms with van der Waals surface area (Å²) in [5.74, 6) is -0.314. The van der Waals surface area contributed by atoms with Crippen LogP contribution in [-0.4, -0.2) is 22.0 Å². The van der Waals surface area contributed by atoms with Crippen LogP contribution in [0.3, 0.4) is 0 Å². The Hall–Kier alpha value is 0.160. The highest BCUT2D eigenvalue weighted by Gasteiger charge is 2.13. The molecule has 0 fully saturated rings. The fourth-order valence-electron chi connectivity index (χ4n) is 0.797. The number of esters is 1. The van der Waals surface area contributed by atoms with E-state index in [0.717, 1.165) is 12.8 Å². The number of hydrogen-bond donors (Lipinski definition) is 1. The van der Waals surface area contributed by atoms with Crippen LogP contribution in [0.4, 0.5) is 0 Å². The minimum absolute atomic E-state index is 0.276. The van der Waals surface area contributed by atoms with Gasteiger partial charge in [0, 0.05) is 3.42 Å². The van der Waals surface area contributed by atoms with E-state index in [1.54, 1.807) is 6.92 Å². The molecule has 0 aromatic carbocycles. The molecule has 0 aliphatic carbocycles. The van der Waals surface area contributed by atoms with E-state index in [1.165, 1.54) is 0 Å². The van der Waals surface area contributed by atoms with Crippen molar-refractivity contribution in [2.75, 3.05) is 6.61 Å². The van der Waals surface area contributed by atoms with Gasteiger partial charge in [-0.2, -0.15) is 0 Å². The van der Waals surface area contributed by atoms with E-state index < -0.39 is 6.04 Å². The minimum atomic E-state index is -0.507. The first kappa shape index (κ1) is 13.2. The van der Waals surface area contributed by atoms with Crippen molar-refractivity contribution in [2.45, 2.75) is 43.1 Å². The molecule has 0 saturated carbocycles. The molecule has 4 heteroatoms. The van der Waals surface area contributed by atoms with Crippen molar-refractivity contribution in [3.8, 4) is 0 Å². The number of halogens is 1. The molecule has 78 valence electrons. The summed E-state index contributed by atoms with van der Waals surface area (Å²) in [6, 6.07) is -0.507. The number of carbonyl (C=O) groups excluding carboxylic acids is 1. The number of carbonyl (C=O) groups is 1. The van der Waals surface area contributed by atoms with E-state index in [-0.39, 0.29) is 9.39 Å². The third-order valence-electron chi connectivity index (χ3n) is 1.53. The molecule has 3 nitrogen and oxygen atoms in total. The van der Waals surface area contributed by atoms with Crippen molar-refractivity contribution >= 4 is 28.6 Å². The highest BCUT2D eigenvalue weighted by atomic mass is 127. The second kappa shape index (κ2) is 5.80. The summed E-state index contributed by atoms with van der Waals surface area (Å²) in [7, 11) is 0. The van der Waals surface area contributed by atoms with Crippen LogP contribution in [0, 0.1) is 0 Å². The lowest BCUT2D eigenvalue weighted by atomic mass is 10.1. The molecule has 0 bridgehead atoms. The topological polar surface area (TPSA) is 52.3 Å². The fraction of sp³-hybridized carbons (Fsp3) is 0.889. The molecular formula is C9H18INO2. The average molecular weight is 299 g/mol. The van der Waals surface area contributed by atoms with Crippen LogP contribution in [0.15, 0.2) is 0 Å². The lowest BCUT2D eigenvalue weighted by molar-refractivity contribution is -0.144. The molecule has 0 heterocycles. The summed E-state index contributed by atoms with van der Waals surface area (Å²) in [4.78, 5) is 10.9. The van der Waals surface area contributed by atoms with E-state index in [9.17, 15) is 4.79 Å². The second-order valence-electron chi connectivity index (χ2n) is 3.78. The Morgan fingerprint density at radius 1 is 1.62 bits per heavy atom. The molecule has 1 atom stereocenters. The zero-order chi connectivity index (χ0) is 10.5. The van der Waals surface area contributed by atoms with Gasteiger partial charge in [0.05, 0.1) is 6.61 Å². The third-order valence-corrected chi connectivity index (χ3v) is 2.07. The van der Waals surface area contributed by atoms with E-state index in [0.29, 0.717) is 6.61 Å². The molecule has 0 aromatic heterocycles. The zero-order valence-electron chi connectivity index (χ0n) is 8.47. The quantitative estimate of drug-likeness (QED) is 0.365. The van der Waals surface area contributed by atoms with Crippen LogP contribution in [0.2, 0.25) is 0 Å². The molecule has 13 heavy (non-hydrogen) atoms. The highest BCUT2D eigenvalue weighted by Crippen LogP contribution is 2.22. The Morgan fingerprint density at radius 2 is 2.15 bits per heavy atom. The van der Waals surface area contributed by atoms with Crippen molar-refractivity contribution in [1.29, 1.82) is 0 Å². The Bertz CT molecular complexity index is 163. The van der Waals surface area contributed by atoms with E-state index in [2.05, 4.69) is 36.4 Å². The summed E-state index contributed by atoms with van der Waals surface area (Å²) in [6.07, 6.45) is 1.94. The second-order valence-corrected chi connectivity index (χ2v) is 6.70. The van der Waals surface area contributed by atoms with Crippen LogP contribution in [0.5, 0.6) is 0 Å². The molecule has 0 radical (unpaired) electrons. The van der Waals surface area contributed by atoms with Gasteiger partial charge in [-0.1, -0.05) is 36.4 Å². The number of alkyl halides is 1. The smallest absolute Gasteiger partial charge is 0.322 e. The minimum Gasteiger partial charge on any atom is -0.465 e. The van der Waals surface area contributed by atoms with E-state index >= 15 is 0 Å². The van der Waals surface area contributed by atoms with Crippen molar-refractivity contribution < 1.29 is 9.53 Å². The van der Waals surface area contributed by atoms with Crippen LogP contribution in [-0.2, 0) is 9.53 Å². The molecule has 0 aliphatic rings. The molecular weight excluding hydrogens is 281 g/mol. The predicted molar refractivity (Wildman–Crippen MR) is 61.9 cm³/mol. The van der Waals surface area contributed by atoms with Crippen LogP contribution in [0.1, 0.15) is 33.6 Å². The van der Waals surface area contributed by atoms with Crippen molar-refractivity contribution in [3.05, 3.63) is 0 Å². The lowest BCUT2D eigenvalue weighted by Gasteiger charge is -2.15. The Morgan fingerprint density at radius 3 is 2.54 bits per heavy atom. The van der Waals surface area contributed by atoms with Gasteiger partial charge >= 0.3 is 5.97 Å². The first-order valence-corrected chi connectivity index (χ1v) is 5.52. The average Bonchev–Trinajstić information content (AvgIpc) is 1.95. The number of rotatable bonds is 5. The van der Waals surface area contributed by atoms with E-state index in [4.69, 9.17) is 10.5 Å². The largest absolute Gasteiger partial charge is 0.465 e. The van der Waals surface area contributed by atoms with Gasteiger partial charge in [0.15, 0.2) is 0 Å². The van der Waals surface area contributed by atoms with Crippen LogP contribution < -0.4 is 5.73 Å². The van der Waals surface area contributed by atoms with Gasteiger partial charge < -0.3 is 10.5 Å². The van der Waals surface area contributed by atoms with Gasteiger partial charge in [-0.3, -0.25) is 4.79 Å². The monoisotopic (exact) mass is 299 g/mol. The number of ether oxygens (including phenoxy) is 1. The zero-order valence-corrected chi connectivity index (χ0v) is 10.6. The predicted octanol–water partition coefficient (Wildman–Crippen LogP) is 1.87. The number of hydrogen-bond acceptors (Lipinski definition) is 3. The maximum absolute atomic E-state index is 10.9. The normalized spacial score (nSPS) is 13.9. The van der Waals surface area contributed by atoms with Gasteiger partial charge in [0.1, 0.15) is 6.04 Å². The summed E-state index contributed by atoms with van der Waals surface area (Å²) >= 11 is 2.38. The van der Waals surface area contributed by atoms with Gasteiger partial charge in [-0.15, -0.1) is 0 Å². The molecule has 0 saturated heterocycles. The molecule has 0 aromatic rings. The van der Waals surface area contributed by atoms with Crippen LogP contribution >= 0.6 is 22.6 Å². The van der Waals surface area contributed by atoms with E-state index in [1.807, 2.05) is 0 Å². The van der Waals surface area contributed by atoms with Gasteiger partial charge in [-0.25, -0.2) is 0 Å². The standard InChI is InChI=1S/C9H18INO2/c1-7(11)8(12)13-6-4-5-9(2,3)10/h7H,4-6,11H2,1-3H3. The lowest BCUT2D eigenvalue weighted by Crippen LogP contribution is -2.29. The first-order valence-electron chi connectivity index (χ1n) is 4.44. The maximum Gasteiger partial charge on any atom is 0.322 e.